The van der Waals surface area contributed by atoms with Gasteiger partial charge in [-0.25, -0.2) is 18.7 Å². The normalized spacial score (nSPS) is 10.5. The predicted molar refractivity (Wildman–Crippen MR) is 109 cm³/mol. The molecule has 0 aliphatic heterocycles. The molecule has 2 heterocycles. The number of benzene rings is 2. The summed E-state index contributed by atoms with van der Waals surface area (Å²) in [5.41, 5.74) is 1.66. The van der Waals surface area contributed by atoms with Crippen LogP contribution in [0.3, 0.4) is 0 Å². The molecule has 4 aromatic rings. The maximum absolute atomic E-state index is 14.2. The summed E-state index contributed by atoms with van der Waals surface area (Å²) in [4.78, 5) is 25.0. The highest BCUT2D eigenvalue weighted by Crippen LogP contribution is 2.30. The monoisotopic (exact) mass is 403 g/mol. The molecule has 2 N–H and O–H groups in total. The lowest BCUT2D eigenvalue weighted by Crippen LogP contribution is -2.15. The molecular formula is C22H15F2N5O. The number of anilines is 3. The Bertz CT molecular complexity index is 1200. The van der Waals surface area contributed by atoms with Crippen molar-refractivity contribution >= 4 is 23.2 Å². The fourth-order valence-corrected chi connectivity index (χ4v) is 2.82. The third-order valence-electron chi connectivity index (χ3n) is 4.21. The SMILES string of the molecule is O=C(Nc1cnccc1-c1ccc(F)cc1F)c1ccnc(Nc2ccccc2)n1. The van der Waals surface area contributed by atoms with E-state index in [1.54, 1.807) is 0 Å². The average molecular weight is 403 g/mol. The highest BCUT2D eigenvalue weighted by molar-refractivity contribution is 6.05. The first-order valence-electron chi connectivity index (χ1n) is 8.96. The molecule has 0 aliphatic rings. The van der Waals surface area contributed by atoms with Crippen LogP contribution < -0.4 is 10.6 Å². The summed E-state index contributed by atoms with van der Waals surface area (Å²) in [6.07, 6.45) is 4.30. The summed E-state index contributed by atoms with van der Waals surface area (Å²) in [5.74, 6) is -1.70. The Morgan fingerprint density at radius 3 is 2.53 bits per heavy atom. The van der Waals surface area contributed by atoms with E-state index in [0.29, 0.717) is 5.56 Å². The minimum absolute atomic E-state index is 0.109. The molecule has 0 spiro atoms. The molecule has 0 fully saturated rings. The Morgan fingerprint density at radius 1 is 0.900 bits per heavy atom. The zero-order valence-corrected chi connectivity index (χ0v) is 15.5. The van der Waals surface area contributed by atoms with Crippen LogP contribution in [0, 0.1) is 11.6 Å². The zero-order valence-electron chi connectivity index (χ0n) is 15.5. The van der Waals surface area contributed by atoms with Crippen molar-refractivity contribution in [3.63, 3.8) is 0 Å². The quantitative estimate of drug-likeness (QED) is 0.500. The van der Waals surface area contributed by atoms with Crippen molar-refractivity contribution in [1.82, 2.24) is 15.0 Å². The number of carbonyl (C=O) groups excluding carboxylic acids is 1. The van der Waals surface area contributed by atoms with Crippen LogP contribution in [-0.4, -0.2) is 20.9 Å². The van der Waals surface area contributed by atoms with Crippen LogP contribution >= 0.6 is 0 Å². The highest BCUT2D eigenvalue weighted by Gasteiger charge is 2.15. The van der Waals surface area contributed by atoms with Crippen LogP contribution in [0.2, 0.25) is 0 Å². The van der Waals surface area contributed by atoms with Gasteiger partial charge in [0.1, 0.15) is 17.3 Å². The number of rotatable bonds is 5. The molecule has 0 aliphatic carbocycles. The number of nitrogens with zero attached hydrogens (tertiary/aromatic N) is 3. The van der Waals surface area contributed by atoms with E-state index in [1.165, 1.54) is 36.8 Å². The van der Waals surface area contributed by atoms with E-state index in [-0.39, 0.29) is 22.9 Å². The molecule has 0 unspecified atom stereocenters. The molecule has 2 aromatic carbocycles. The van der Waals surface area contributed by atoms with E-state index in [9.17, 15) is 13.6 Å². The van der Waals surface area contributed by atoms with E-state index < -0.39 is 17.5 Å². The number of pyridine rings is 1. The van der Waals surface area contributed by atoms with Gasteiger partial charge in [-0.1, -0.05) is 18.2 Å². The molecule has 0 radical (unpaired) electrons. The molecule has 6 nitrogen and oxygen atoms in total. The van der Waals surface area contributed by atoms with Gasteiger partial charge in [0.25, 0.3) is 5.91 Å². The smallest absolute Gasteiger partial charge is 0.274 e. The maximum atomic E-state index is 14.2. The van der Waals surface area contributed by atoms with Crippen LogP contribution in [0.4, 0.5) is 26.1 Å². The molecule has 0 saturated heterocycles. The standard InChI is InChI=1S/C22H15F2N5O/c23-14-6-7-16(18(24)12-14)17-8-10-25-13-20(17)28-21(30)19-9-11-26-22(29-19)27-15-4-2-1-3-5-15/h1-13H,(H,28,30)(H,26,27,29). The Balaban J connectivity index is 1.59. The van der Waals surface area contributed by atoms with E-state index in [0.717, 1.165) is 17.8 Å². The van der Waals surface area contributed by atoms with Gasteiger partial charge in [0.05, 0.1) is 11.9 Å². The molecule has 30 heavy (non-hydrogen) atoms. The van der Waals surface area contributed by atoms with Crippen LogP contribution in [0.25, 0.3) is 11.1 Å². The van der Waals surface area contributed by atoms with Gasteiger partial charge in [-0.05, 0) is 36.4 Å². The zero-order chi connectivity index (χ0) is 20.9. The van der Waals surface area contributed by atoms with Gasteiger partial charge >= 0.3 is 0 Å². The molecule has 8 heteroatoms. The number of aromatic nitrogens is 3. The molecular weight excluding hydrogens is 388 g/mol. The van der Waals surface area contributed by atoms with Crippen LogP contribution in [0.15, 0.2) is 79.3 Å². The number of amides is 1. The van der Waals surface area contributed by atoms with Crippen molar-refractivity contribution in [2.75, 3.05) is 10.6 Å². The van der Waals surface area contributed by atoms with Gasteiger partial charge < -0.3 is 10.6 Å². The number of hydrogen-bond acceptors (Lipinski definition) is 5. The van der Waals surface area contributed by atoms with Crippen molar-refractivity contribution in [3.05, 3.63) is 96.6 Å². The summed E-state index contributed by atoms with van der Waals surface area (Å²) < 4.78 is 27.5. The van der Waals surface area contributed by atoms with Gasteiger partial charge in [0.2, 0.25) is 5.95 Å². The van der Waals surface area contributed by atoms with Gasteiger partial charge in [0, 0.05) is 35.3 Å². The molecule has 0 bridgehead atoms. The minimum atomic E-state index is -0.743. The summed E-state index contributed by atoms with van der Waals surface area (Å²) in [5, 5.41) is 5.69. The van der Waals surface area contributed by atoms with Crippen molar-refractivity contribution in [3.8, 4) is 11.1 Å². The molecule has 148 valence electrons. The Hall–Kier alpha value is -4.20. The average Bonchev–Trinajstić information content (AvgIpc) is 2.75. The largest absolute Gasteiger partial charge is 0.324 e. The van der Waals surface area contributed by atoms with Gasteiger partial charge in [0.15, 0.2) is 0 Å². The predicted octanol–water partition coefficient (Wildman–Crippen LogP) is 4.81. The Morgan fingerprint density at radius 2 is 1.73 bits per heavy atom. The first-order valence-corrected chi connectivity index (χ1v) is 8.96. The minimum Gasteiger partial charge on any atom is -0.324 e. The lowest BCUT2D eigenvalue weighted by Gasteiger charge is -2.12. The highest BCUT2D eigenvalue weighted by atomic mass is 19.1. The van der Waals surface area contributed by atoms with E-state index >= 15 is 0 Å². The summed E-state index contributed by atoms with van der Waals surface area (Å²) in [7, 11) is 0. The van der Waals surface area contributed by atoms with Crippen molar-refractivity contribution in [2.24, 2.45) is 0 Å². The first-order chi connectivity index (χ1) is 14.6. The molecule has 0 saturated carbocycles. The summed E-state index contributed by atoms with van der Waals surface area (Å²) in [6, 6.07) is 15.5. The fourth-order valence-electron chi connectivity index (χ4n) is 2.82. The number of para-hydroxylation sites is 1. The van der Waals surface area contributed by atoms with Gasteiger partial charge in [-0.15, -0.1) is 0 Å². The van der Waals surface area contributed by atoms with E-state index in [4.69, 9.17) is 0 Å². The van der Waals surface area contributed by atoms with E-state index in [1.807, 2.05) is 30.3 Å². The lowest BCUT2D eigenvalue weighted by atomic mass is 10.0. The Kier molecular flexibility index (Phi) is 5.38. The lowest BCUT2D eigenvalue weighted by molar-refractivity contribution is 0.102. The molecule has 0 atom stereocenters. The fraction of sp³-hybridized carbons (Fsp3) is 0. The van der Waals surface area contributed by atoms with Crippen molar-refractivity contribution in [2.45, 2.75) is 0 Å². The number of halogens is 2. The summed E-state index contributed by atoms with van der Waals surface area (Å²) in [6.45, 7) is 0. The third-order valence-corrected chi connectivity index (χ3v) is 4.21. The summed E-state index contributed by atoms with van der Waals surface area (Å²) >= 11 is 0. The molecule has 4 rings (SSSR count). The van der Waals surface area contributed by atoms with Gasteiger partial charge in [-0.3, -0.25) is 9.78 Å². The maximum Gasteiger partial charge on any atom is 0.274 e. The first kappa shape index (κ1) is 19.1. The van der Waals surface area contributed by atoms with Crippen molar-refractivity contribution < 1.29 is 13.6 Å². The molecule has 1 amide bonds. The second-order valence-corrected chi connectivity index (χ2v) is 6.26. The Labute approximate surface area is 170 Å². The third kappa shape index (κ3) is 4.27. The number of hydrogen-bond donors (Lipinski definition) is 2. The van der Waals surface area contributed by atoms with E-state index in [2.05, 4.69) is 25.6 Å². The molecule has 2 aromatic heterocycles. The second kappa shape index (κ2) is 8.44. The number of nitrogens with one attached hydrogen (secondary N) is 2. The topological polar surface area (TPSA) is 79.8 Å². The van der Waals surface area contributed by atoms with Crippen LogP contribution in [0.1, 0.15) is 10.5 Å². The van der Waals surface area contributed by atoms with Crippen LogP contribution in [0.5, 0.6) is 0 Å². The number of carbonyl (C=O) groups is 1. The van der Waals surface area contributed by atoms with Crippen LogP contribution in [-0.2, 0) is 0 Å². The second-order valence-electron chi connectivity index (χ2n) is 6.26. The van der Waals surface area contributed by atoms with Crippen molar-refractivity contribution in [1.29, 1.82) is 0 Å². The van der Waals surface area contributed by atoms with Gasteiger partial charge in [-0.2, -0.15) is 0 Å².